The van der Waals surface area contributed by atoms with Crippen LogP contribution in [0, 0.1) is 5.92 Å². The second-order valence-corrected chi connectivity index (χ2v) is 5.80. The van der Waals surface area contributed by atoms with Gasteiger partial charge in [-0.1, -0.05) is 49.6 Å². The number of benzene rings is 1. The van der Waals surface area contributed by atoms with Crippen LogP contribution in [-0.2, 0) is 14.4 Å². The molecule has 124 valence electrons. The van der Waals surface area contributed by atoms with Crippen LogP contribution in [0.25, 0.3) is 0 Å². The smallest absolute Gasteiger partial charge is 0.330 e. The first kappa shape index (κ1) is 17.0. The maximum Gasteiger partial charge on any atom is 0.330 e. The molecular formula is C17H22N2O4. The summed E-state index contributed by atoms with van der Waals surface area (Å²) in [4.78, 5) is 35.2. The molecule has 1 aromatic carbocycles. The fourth-order valence-electron chi connectivity index (χ4n) is 2.82. The minimum Gasteiger partial charge on any atom is -0.479 e. The highest BCUT2D eigenvalue weighted by Gasteiger charge is 2.24. The molecular weight excluding hydrogens is 296 g/mol. The van der Waals surface area contributed by atoms with Gasteiger partial charge in [-0.15, -0.1) is 0 Å². The molecule has 2 rings (SSSR count). The highest BCUT2D eigenvalue weighted by molar-refractivity contribution is 5.89. The second-order valence-electron chi connectivity index (χ2n) is 5.80. The number of amides is 2. The predicted octanol–water partition coefficient (Wildman–Crippen LogP) is 1.62. The van der Waals surface area contributed by atoms with Gasteiger partial charge in [0.1, 0.15) is 0 Å². The molecule has 6 nitrogen and oxygen atoms in total. The fraction of sp³-hybridized carbons (Fsp3) is 0.471. The van der Waals surface area contributed by atoms with Crippen LogP contribution in [0.1, 0.15) is 43.7 Å². The van der Waals surface area contributed by atoms with Crippen LogP contribution in [-0.4, -0.2) is 29.4 Å². The van der Waals surface area contributed by atoms with Crippen molar-refractivity contribution in [2.75, 3.05) is 6.54 Å². The summed E-state index contributed by atoms with van der Waals surface area (Å²) in [6.45, 7) is -0.202. The Balaban J connectivity index is 1.85. The van der Waals surface area contributed by atoms with E-state index in [1.165, 1.54) is 0 Å². The Labute approximate surface area is 135 Å². The summed E-state index contributed by atoms with van der Waals surface area (Å²) in [6.07, 6.45) is 4.95. The van der Waals surface area contributed by atoms with Gasteiger partial charge < -0.3 is 15.7 Å². The molecule has 1 aliphatic carbocycles. The quantitative estimate of drug-likeness (QED) is 0.743. The summed E-state index contributed by atoms with van der Waals surface area (Å²) in [5.41, 5.74) is 0.493. The molecule has 0 heterocycles. The van der Waals surface area contributed by atoms with Crippen LogP contribution in [0.4, 0.5) is 0 Å². The lowest BCUT2D eigenvalue weighted by Gasteiger charge is -2.21. The standard InChI is InChI=1S/C17H22N2O4/c20-14(11-18-16(21)13-9-5-2-6-10-13)19-15(17(22)23)12-7-3-1-4-8-12/h1,3-4,7-8,13,15H,2,5-6,9-11H2,(H,18,21)(H,19,20)(H,22,23)/t15-/m1/s1. The van der Waals surface area contributed by atoms with E-state index >= 15 is 0 Å². The molecule has 0 aliphatic heterocycles. The molecule has 6 heteroatoms. The highest BCUT2D eigenvalue weighted by Crippen LogP contribution is 2.23. The number of carboxylic acids is 1. The lowest BCUT2D eigenvalue weighted by molar-refractivity contribution is -0.142. The summed E-state index contributed by atoms with van der Waals surface area (Å²) < 4.78 is 0. The Morgan fingerprint density at radius 2 is 1.74 bits per heavy atom. The van der Waals surface area contributed by atoms with E-state index in [9.17, 15) is 19.5 Å². The van der Waals surface area contributed by atoms with Gasteiger partial charge in [0.2, 0.25) is 11.8 Å². The maximum atomic E-state index is 12.0. The lowest BCUT2D eigenvalue weighted by atomic mass is 9.89. The number of carboxylic acid groups (broad SMARTS) is 1. The molecule has 2 amide bonds. The summed E-state index contributed by atoms with van der Waals surface area (Å²) in [5, 5.41) is 14.3. The van der Waals surface area contributed by atoms with Crippen LogP contribution in [0.15, 0.2) is 30.3 Å². The van der Waals surface area contributed by atoms with Crippen molar-refractivity contribution >= 4 is 17.8 Å². The monoisotopic (exact) mass is 318 g/mol. The van der Waals surface area contributed by atoms with Gasteiger partial charge in [-0.2, -0.15) is 0 Å². The zero-order chi connectivity index (χ0) is 16.7. The molecule has 0 aromatic heterocycles. The van der Waals surface area contributed by atoms with Gasteiger partial charge in [0.15, 0.2) is 6.04 Å². The third-order valence-electron chi connectivity index (χ3n) is 4.08. The number of hydrogen-bond acceptors (Lipinski definition) is 3. The van der Waals surface area contributed by atoms with Crippen molar-refractivity contribution in [1.29, 1.82) is 0 Å². The third kappa shape index (κ3) is 5.09. The van der Waals surface area contributed by atoms with E-state index in [1.54, 1.807) is 30.3 Å². The van der Waals surface area contributed by atoms with Crippen LogP contribution in [0.2, 0.25) is 0 Å². The molecule has 1 aromatic rings. The predicted molar refractivity (Wildman–Crippen MR) is 84.5 cm³/mol. The van der Waals surface area contributed by atoms with Gasteiger partial charge in [0.05, 0.1) is 6.54 Å². The Hall–Kier alpha value is -2.37. The summed E-state index contributed by atoms with van der Waals surface area (Å²) in [5.74, 6) is -1.79. The van der Waals surface area contributed by atoms with E-state index in [0.29, 0.717) is 5.56 Å². The zero-order valence-corrected chi connectivity index (χ0v) is 13.0. The first-order chi connectivity index (χ1) is 11.1. The van der Waals surface area contributed by atoms with Crippen molar-refractivity contribution in [3.63, 3.8) is 0 Å². The molecule has 1 saturated carbocycles. The first-order valence-corrected chi connectivity index (χ1v) is 7.92. The summed E-state index contributed by atoms with van der Waals surface area (Å²) >= 11 is 0. The van der Waals surface area contributed by atoms with Crippen LogP contribution in [0.5, 0.6) is 0 Å². The van der Waals surface area contributed by atoms with Crippen LogP contribution >= 0.6 is 0 Å². The Morgan fingerprint density at radius 3 is 2.35 bits per heavy atom. The highest BCUT2D eigenvalue weighted by atomic mass is 16.4. The molecule has 0 saturated heterocycles. The van der Waals surface area contributed by atoms with Gasteiger partial charge in [-0.3, -0.25) is 9.59 Å². The molecule has 0 bridgehead atoms. The SMILES string of the molecule is O=C(CNC(=O)C1CCCCC1)N[C@@H](C(=O)O)c1ccccc1. The number of aliphatic carboxylic acids is 1. The van der Waals surface area contributed by atoms with Crippen LogP contribution in [0.3, 0.4) is 0 Å². The van der Waals surface area contributed by atoms with E-state index in [2.05, 4.69) is 10.6 Å². The Bertz CT molecular complexity index is 553. The van der Waals surface area contributed by atoms with Gasteiger partial charge in [-0.05, 0) is 18.4 Å². The van der Waals surface area contributed by atoms with E-state index < -0.39 is 17.9 Å². The van der Waals surface area contributed by atoms with Crippen molar-refractivity contribution in [2.45, 2.75) is 38.1 Å². The summed E-state index contributed by atoms with van der Waals surface area (Å²) in [7, 11) is 0. The number of carbonyl (C=O) groups excluding carboxylic acids is 2. The van der Waals surface area contributed by atoms with Crippen LogP contribution < -0.4 is 10.6 Å². The van der Waals surface area contributed by atoms with Gasteiger partial charge >= 0.3 is 5.97 Å². The van der Waals surface area contributed by atoms with Crippen molar-refractivity contribution in [3.05, 3.63) is 35.9 Å². The lowest BCUT2D eigenvalue weighted by Crippen LogP contribution is -2.42. The van der Waals surface area contributed by atoms with E-state index in [1.807, 2.05) is 0 Å². The molecule has 0 radical (unpaired) electrons. The van der Waals surface area contributed by atoms with Crippen molar-refractivity contribution < 1.29 is 19.5 Å². The normalized spacial score (nSPS) is 16.3. The first-order valence-electron chi connectivity index (χ1n) is 7.92. The number of nitrogens with one attached hydrogen (secondary N) is 2. The molecule has 0 spiro atoms. The third-order valence-corrected chi connectivity index (χ3v) is 4.08. The average Bonchev–Trinajstić information content (AvgIpc) is 2.58. The van der Waals surface area contributed by atoms with Crippen molar-refractivity contribution in [3.8, 4) is 0 Å². The van der Waals surface area contributed by atoms with Gasteiger partial charge in [0.25, 0.3) is 0 Å². The largest absolute Gasteiger partial charge is 0.479 e. The number of rotatable bonds is 6. The molecule has 1 atom stereocenters. The maximum absolute atomic E-state index is 12.0. The molecule has 1 fully saturated rings. The average molecular weight is 318 g/mol. The number of carbonyl (C=O) groups is 3. The zero-order valence-electron chi connectivity index (χ0n) is 13.0. The van der Waals surface area contributed by atoms with E-state index in [-0.39, 0.29) is 18.4 Å². The minimum absolute atomic E-state index is 0.0269. The molecule has 3 N–H and O–H groups in total. The minimum atomic E-state index is -1.14. The molecule has 0 unspecified atom stereocenters. The second kappa shape index (κ2) is 8.31. The molecule has 23 heavy (non-hydrogen) atoms. The van der Waals surface area contributed by atoms with E-state index in [0.717, 1.165) is 32.1 Å². The van der Waals surface area contributed by atoms with E-state index in [4.69, 9.17) is 0 Å². The van der Waals surface area contributed by atoms with Crippen molar-refractivity contribution in [2.24, 2.45) is 5.92 Å². The van der Waals surface area contributed by atoms with Crippen molar-refractivity contribution in [1.82, 2.24) is 10.6 Å². The Morgan fingerprint density at radius 1 is 1.09 bits per heavy atom. The topological polar surface area (TPSA) is 95.5 Å². The summed E-state index contributed by atoms with van der Waals surface area (Å²) in [6, 6.07) is 7.36. The molecule has 1 aliphatic rings. The Kier molecular flexibility index (Phi) is 6.14. The van der Waals surface area contributed by atoms with Gasteiger partial charge in [0, 0.05) is 5.92 Å². The van der Waals surface area contributed by atoms with Gasteiger partial charge in [-0.25, -0.2) is 4.79 Å². The number of hydrogen-bond donors (Lipinski definition) is 3. The fourth-order valence-corrected chi connectivity index (χ4v) is 2.82.